The van der Waals surface area contributed by atoms with Crippen LogP contribution in [0, 0.1) is 16.7 Å². The minimum Gasteiger partial charge on any atom is -0.484 e. The van der Waals surface area contributed by atoms with Gasteiger partial charge in [0.05, 0.1) is 18.2 Å². The van der Waals surface area contributed by atoms with Crippen LogP contribution in [0.15, 0.2) is 24.3 Å². The summed E-state index contributed by atoms with van der Waals surface area (Å²) in [4.78, 5) is 11.6. The number of carbonyl (C=O) groups excluding carboxylic acids is 1. The van der Waals surface area contributed by atoms with Crippen LogP contribution in [-0.2, 0) is 4.79 Å². The molecule has 2 N–H and O–H groups in total. The van der Waals surface area contributed by atoms with Gasteiger partial charge < -0.3 is 15.2 Å². The lowest BCUT2D eigenvalue weighted by Crippen LogP contribution is -2.35. The smallest absolute Gasteiger partial charge is 0.257 e. The van der Waals surface area contributed by atoms with Crippen molar-refractivity contribution in [2.45, 2.75) is 12.8 Å². The fourth-order valence-electron chi connectivity index (χ4n) is 1.68. The van der Waals surface area contributed by atoms with E-state index in [4.69, 9.17) is 15.1 Å². The maximum atomic E-state index is 11.6. The Labute approximate surface area is 111 Å². The Hall–Kier alpha value is -2.06. The van der Waals surface area contributed by atoms with E-state index >= 15 is 0 Å². The number of rotatable bonds is 6. The molecule has 0 atom stereocenters. The van der Waals surface area contributed by atoms with Gasteiger partial charge in [0.25, 0.3) is 5.91 Å². The van der Waals surface area contributed by atoms with Crippen molar-refractivity contribution in [3.63, 3.8) is 0 Å². The molecule has 0 spiro atoms. The number of nitrogens with one attached hydrogen (secondary N) is 1. The van der Waals surface area contributed by atoms with Crippen molar-refractivity contribution in [2.24, 2.45) is 5.41 Å². The molecule has 1 aliphatic carbocycles. The first-order valence-corrected chi connectivity index (χ1v) is 6.18. The normalized spacial score (nSPS) is 15.4. The zero-order valence-corrected chi connectivity index (χ0v) is 10.6. The van der Waals surface area contributed by atoms with Crippen molar-refractivity contribution in [1.82, 2.24) is 5.32 Å². The van der Waals surface area contributed by atoms with Gasteiger partial charge in [-0.15, -0.1) is 0 Å². The summed E-state index contributed by atoms with van der Waals surface area (Å²) in [7, 11) is 0. The zero-order chi connectivity index (χ0) is 13.7. The van der Waals surface area contributed by atoms with E-state index in [1.54, 1.807) is 24.3 Å². The van der Waals surface area contributed by atoms with Crippen LogP contribution in [0.3, 0.4) is 0 Å². The monoisotopic (exact) mass is 260 g/mol. The number of amides is 1. The van der Waals surface area contributed by atoms with Gasteiger partial charge in [-0.3, -0.25) is 4.79 Å². The van der Waals surface area contributed by atoms with E-state index in [-0.39, 0.29) is 24.5 Å². The van der Waals surface area contributed by atoms with Gasteiger partial charge in [-0.05, 0) is 37.1 Å². The van der Waals surface area contributed by atoms with Gasteiger partial charge in [-0.1, -0.05) is 0 Å². The molecule has 1 aromatic rings. The molecule has 1 saturated carbocycles. The standard InChI is InChI=1S/C14H16N2O3/c15-7-11-1-3-12(4-2-11)19-8-13(18)16-9-14(10-17)5-6-14/h1-4,17H,5-6,8-10H2,(H,16,18). The van der Waals surface area contributed by atoms with E-state index < -0.39 is 0 Å². The molecule has 0 aliphatic heterocycles. The minimum atomic E-state index is -0.205. The first-order valence-electron chi connectivity index (χ1n) is 6.18. The van der Waals surface area contributed by atoms with Gasteiger partial charge in [0.2, 0.25) is 0 Å². The van der Waals surface area contributed by atoms with Gasteiger partial charge in [-0.2, -0.15) is 5.26 Å². The number of aliphatic hydroxyl groups excluding tert-OH is 1. The number of nitrogens with zero attached hydrogens (tertiary/aromatic N) is 1. The highest BCUT2D eigenvalue weighted by Gasteiger charge is 2.42. The molecule has 2 rings (SSSR count). The van der Waals surface area contributed by atoms with Crippen LogP contribution >= 0.6 is 0 Å². The number of aliphatic hydroxyl groups is 1. The van der Waals surface area contributed by atoms with Crippen molar-refractivity contribution in [3.05, 3.63) is 29.8 Å². The molecule has 0 saturated heterocycles. The molecule has 5 nitrogen and oxygen atoms in total. The van der Waals surface area contributed by atoms with Gasteiger partial charge in [-0.25, -0.2) is 0 Å². The third-order valence-electron chi connectivity index (χ3n) is 3.31. The molecule has 0 radical (unpaired) electrons. The SMILES string of the molecule is N#Cc1ccc(OCC(=O)NCC2(CO)CC2)cc1. The second-order valence-electron chi connectivity index (χ2n) is 4.86. The van der Waals surface area contributed by atoms with E-state index in [9.17, 15) is 4.79 Å². The molecule has 5 heteroatoms. The number of hydrogen-bond acceptors (Lipinski definition) is 4. The highest BCUT2D eigenvalue weighted by atomic mass is 16.5. The molecule has 0 aromatic heterocycles. The zero-order valence-electron chi connectivity index (χ0n) is 10.6. The predicted octanol–water partition coefficient (Wildman–Crippen LogP) is 0.826. The number of hydrogen-bond donors (Lipinski definition) is 2. The summed E-state index contributed by atoms with van der Waals surface area (Å²) in [5.41, 5.74) is 0.458. The fraction of sp³-hybridized carbons (Fsp3) is 0.429. The van der Waals surface area contributed by atoms with Crippen molar-refractivity contribution in [2.75, 3.05) is 19.8 Å². The molecular formula is C14H16N2O3. The van der Waals surface area contributed by atoms with E-state index in [0.29, 0.717) is 17.9 Å². The molecule has 19 heavy (non-hydrogen) atoms. The van der Waals surface area contributed by atoms with E-state index in [1.807, 2.05) is 6.07 Å². The highest BCUT2D eigenvalue weighted by Crippen LogP contribution is 2.44. The van der Waals surface area contributed by atoms with Gasteiger partial charge in [0, 0.05) is 12.0 Å². The molecule has 1 aliphatic rings. The van der Waals surface area contributed by atoms with Crippen LogP contribution in [0.4, 0.5) is 0 Å². The summed E-state index contributed by atoms with van der Waals surface area (Å²) < 4.78 is 5.30. The average Bonchev–Trinajstić information content (AvgIpc) is 3.24. The molecule has 0 unspecified atom stereocenters. The molecule has 1 amide bonds. The summed E-state index contributed by atoms with van der Waals surface area (Å²) in [5.74, 6) is 0.349. The summed E-state index contributed by atoms with van der Waals surface area (Å²) >= 11 is 0. The number of nitriles is 1. The molecular weight excluding hydrogens is 244 g/mol. The Balaban J connectivity index is 1.72. The van der Waals surface area contributed by atoms with Crippen LogP contribution in [0.5, 0.6) is 5.75 Å². The van der Waals surface area contributed by atoms with Crippen LogP contribution in [0.1, 0.15) is 18.4 Å². The highest BCUT2D eigenvalue weighted by molar-refractivity contribution is 5.77. The number of ether oxygens (including phenoxy) is 1. The average molecular weight is 260 g/mol. The van der Waals surface area contributed by atoms with Crippen LogP contribution in [0.2, 0.25) is 0 Å². The lowest BCUT2D eigenvalue weighted by molar-refractivity contribution is -0.123. The van der Waals surface area contributed by atoms with Gasteiger partial charge in [0.1, 0.15) is 5.75 Å². The third-order valence-corrected chi connectivity index (χ3v) is 3.31. The second kappa shape index (κ2) is 5.72. The Bertz CT molecular complexity index is 486. The Morgan fingerprint density at radius 3 is 2.63 bits per heavy atom. The molecule has 100 valence electrons. The third kappa shape index (κ3) is 3.70. The summed E-state index contributed by atoms with van der Waals surface area (Å²) in [5, 5.41) is 20.5. The molecule has 0 bridgehead atoms. The van der Waals surface area contributed by atoms with E-state index in [2.05, 4.69) is 5.32 Å². The van der Waals surface area contributed by atoms with Crippen molar-refractivity contribution < 1.29 is 14.6 Å². The minimum absolute atomic E-state index is 0.0621. The van der Waals surface area contributed by atoms with Crippen molar-refractivity contribution >= 4 is 5.91 Å². The Kier molecular flexibility index (Phi) is 4.03. The predicted molar refractivity (Wildman–Crippen MR) is 68.4 cm³/mol. The molecule has 1 aromatic carbocycles. The summed E-state index contributed by atoms with van der Waals surface area (Å²) in [6.07, 6.45) is 1.92. The van der Waals surface area contributed by atoms with Crippen LogP contribution < -0.4 is 10.1 Å². The first kappa shape index (κ1) is 13.4. The second-order valence-corrected chi connectivity index (χ2v) is 4.86. The quantitative estimate of drug-likeness (QED) is 0.793. The summed E-state index contributed by atoms with van der Waals surface area (Å²) in [6.45, 7) is 0.552. The van der Waals surface area contributed by atoms with Gasteiger partial charge >= 0.3 is 0 Å². The van der Waals surface area contributed by atoms with Crippen molar-refractivity contribution in [3.8, 4) is 11.8 Å². The Morgan fingerprint density at radius 1 is 1.42 bits per heavy atom. The van der Waals surface area contributed by atoms with Crippen LogP contribution in [0.25, 0.3) is 0 Å². The maximum Gasteiger partial charge on any atom is 0.257 e. The van der Waals surface area contributed by atoms with Gasteiger partial charge in [0.15, 0.2) is 6.61 Å². The first-order chi connectivity index (χ1) is 9.17. The van der Waals surface area contributed by atoms with E-state index in [1.165, 1.54) is 0 Å². The van der Waals surface area contributed by atoms with Crippen molar-refractivity contribution in [1.29, 1.82) is 5.26 Å². The fourth-order valence-corrected chi connectivity index (χ4v) is 1.68. The lowest BCUT2D eigenvalue weighted by Gasteiger charge is -2.13. The van der Waals surface area contributed by atoms with Crippen LogP contribution in [-0.4, -0.2) is 30.8 Å². The molecule has 1 fully saturated rings. The number of benzene rings is 1. The Morgan fingerprint density at radius 2 is 2.11 bits per heavy atom. The van der Waals surface area contributed by atoms with E-state index in [0.717, 1.165) is 12.8 Å². The summed E-state index contributed by atoms with van der Waals surface area (Å²) in [6, 6.07) is 8.59. The maximum absolute atomic E-state index is 11.6. The molecule has 0 heterocycles. The topological polar surface area (TPSA) is 82.3 Å². The lowest BCUT2D eigenvalue weighted by atomic mass is 10.1. The number of carbonyl (C=O) groups is 1. The largest absolute Gasteiger partial charge is 0.484 e.